The zero-order valence-electron chi connectivity index (χ0n) is 25.1. The number of fused-ring (bicyclic) bond motifs is 4. The fourth-order valence-corrected chi connectivity index (χ4v) is 7.18. The number of methoxy groups -OCH3 is 4. The van der Waals surface area contributed by atoms with Crippen molar-refractivity contribution < 1.29 is 62.0 Å². The Hall–Kier alpha value is -3.33. The van der Waals surface area contributed by atoms with Crippen LogP contribution in [-0.2, 0) is 33.2 Å². The Kier molecular flexibility index (Phi) is 7.71. The molecule has 5 aliphatic rings. The summed E-state index contributed by atoms with van der Waals surface area (Å²) in [5.74, 6) is 0.506. The summed E-state index contributed by atoms with van der Waals surface area (Å²) in [5.41, 5.74) is 2.29. The van der Waals surface area contributed by atoms with E-state index in [2.05, 4.69) is 0 Å². The van der Waals surface area contributed by atoms with Crippen molar-refractivity contribution in [3.05, 3.63) is 41.0 Å². The molecule has 0 amide bonds. The van der Waals surface area contributed by atoms with Crippen LogP contribution in [0.1, 0.15) is 35.6 Å². The maximum Gasteiger partial charge on any atom is 0.310 e. The lowest BCUT2D eigenvalue weighted by molar-refractivity contribution is -0.366. The number of benzene rings is 2. The van der Waals surface area contributed by atoms with Gasteiger partial charge in [-0.05, 0) is 47.9 Å². The Morgan fingerprint density at radius 3 is 2.23 bits per heavy atom. The Balaban J connectivity index is 1.32. The highest BCUT2D eigenvalue weighted by Crippen LogP contribution is 2.57. The first-order chi connectivity index (χ1) is 21.4. The molecule has 13 heteroatoms. The van der Waals surface area contributed by atoms with Gasteiger partial charge in [-0.15, -0.1) is 0 Å². The van der Waals surface area contributed by atoms with Crippen molar-refractivity contribution in [2.75, 3.05) is 48.4 Å². The van der Waals surface area contributed by atoms with Crippen LogP contribution in [-0.4, -0.2) is 96.5 Å². The van der Waals surface area contributed by atoms with Gasteiger partial charge in [-0.2, -0.15) is 0 Å². The van der Waals surface area contributed by atoms with Crippen LogP contribution in [0.3, 0.4) is 0 Å². The van der Waals surface area contributed by atoms with E-state index >= 15 is 0 Å². The van der Waals surface area contributed by atoms with E-state index in [1.54, 1.807) is 21.1 Å². The average Bonchev–Trinajstić information content (AvgIpc) is 3.66. The summed E-state index contributed by atoms with van der Waals surface area (Å²) in [6.45, 7) is 2.20. The molecule has 3 saturated heterocycles. The maximum atomic E-state index is 13.5. The topological polar surface area (TPSA) is 139 Å². The van der Waals surface area contributed by atoms with Gasteiger partial charge in [0, 0.05) is 18.9 Å². The zero-order valence-corrected chi connectivity index (χ0v) is 25.1. The number of aliphatic hydroxyl groups is 1. The van der Waals surface area contributed by atoms with Gasteiger partial charge in [0.25, 0.3) is 0 Å². The van der Waals surface area contributed by atoms with E-state index < -0.39 is 60.9 Å². The van der Waals surface area contributed by atoms with Crippen LogP contribution >= 0.6 is 0 Å². The molecule has 0 aromatic heterocycles. The van der Waals surface area contributed by atoms with Gasteiger partial charge in [-0.25, -0.2) is 0 Å². The smallest absolute Gasteiger partial charge is 0.310 e. The monoisotopic (exact) mass is 616 g/mol. The Labute approximate surface area is 254 Å². The Bertz CT molecular complexity index is 1390. The number of hydrogen-bond acceptors (Lipinski definition) is 13. The zero-order chi connectivity index (χ0) is 30.7. The summed E-state index contributed by atoms with van der Waals surface area (Å²) in [6.07, 6.45) is -5.28. The second-order valence-electron chi connectivity index (χ2n) is 11.4. The fraction of sp³-hybridized carbons (Fsp3) is 0.581. The number of cyclic esters (lactones) is 1. The predicted molar refractivity (Wildman–Crippen MR) is 148 cm³/mol. The molecule has 4 heterocycles. The van der Waals surface area contributed by atoms with E-state index in [1.807, 2.05) is 24.3 Å². The predicted octanol–water partition coefficient (Wildman–Crippen LogP) is 2.30. The third kappa shape index (κ3) is 4.65. The number of hydrogen-bond donors (Lipinski definition) is 1. The summed E-state index contributed by atoms with van der Waals surface area (Å²) in [5, 5.41) is 11.4. The minimum Gasteiger partial charge on any atom is -0.493 e. The third-order valence-corrected chi connectivity index (χ3v) is 9.18. The first-order valence-corrected chi connectivity index (χ1v) is 14.6. The molecular formula is C31H36O13. The van der Waals surface area contributed by atoms with E-state index in [1.165, 1.54) is 14.2 Å². The first-order valence-electron chi connectivity index (χ1n) is 14.6. The summed E-state index contributed by atoms with van der Waals surface area (Å²) >= 11 is 0. The lowest BCUT2D eigenvalue weighted by Gasteiger charge is -2.48. The quantitative estimate of drug-likeness (QED) is 0.456. The molecular weight excluding hydrogens is 580 g/mol. The van der Waals surface area contributed by atoms with Crippen molar-refractivity contribution in [1.29, 1.82) is 0 Å². The number of rotatable bonds is 7. The molecule has 2 aromatic carbocycles. The van der Waals surface area contributed by atoms with Gasteiger partial charge in [-0.3, -0.25) is 4.79 Å². The molecule has 7 rings (SSSR count). The molecule has 0 saturated carbocycles. The molecule has 4 aliphatic heterocycles. The minimum atomic E-state index is -1.19. The molecule has 238 valence electrons. The van der Waals surface area contributed by atoms with Gasteiger partial charge in [0.1, 0.15) is 24.4 Å². The molecule has 0 spiro atoms. The van der Waals surface area contributed by atoms with Crippen LogP contribution in [0.4, 0.5) is 0 Å². The molecule has 3 fully saturated rings. The highest BCUT2D eigenvalue weighted by atomic mass is 16.8. The van der Waals surface area contributed by atoms with E-state index in [0.29, 0.717) is 28.7 Å². The maximum absolute atomic E-state index is 13.5. The Morgan fingerprint density at radius 1 is 0.864 bits per heavy atom. The lowest BCUT2D eigenvalue weighted by atomic mass is 9.66. The first kappa shape index (κ1) is 29.4. The van der Waals surface area contributed by atoms with Gasteiger partial charge >= 0.3 is 5.97 Å². The van der Waals surface area contributed by atoms with Crippen molar-refractivity contribution in [1.82, 2.24) is 0 Å². The largest absolute Gasteiger partial charge is 0.493 e. The lowest BCUT2D eigenvalue weighted by Crippen LogP contribution is -2.63. The highest BCUT2D eigenvalue weighted by molar-refractivity contribution is 5.79. The van der Waals surface area contributed by atoms with Gasteiger partial charge in [0.2, 0.25) is 12.5 Å². The molecule has 2 aromatic rings. The SMILES string of the molecule is COc1cc([C@@H]2c3cc4c(cc3[C@@H](OC3O[C@@H]5CO[C@@H](C)O[C@H]5[C@H](OC)[C@H]3O)[C@H]3COC(=O)[C@H]23)OCO4)cc(OC)c1OC. The number of aliphatic hydroxyl groups excluding tert-OH is 1. The van der Waals surface area contributed by atoms with Gasteiger partial charge in [0.05, 0.1) is 46.6 Å². The molecule has 13 nitrogen and oxygen atoms in total. The minimum absolute atomic E-state index is 0.0644. The molecule has 0 bridgehead atoms. The van der Waals surface area contributed by atoms with Crippen molar-refractivity contribution in [3.8, 4) is 28.7 Å². The number of carbonyl (C=O) groups is 1. The van der Waals surface area contributed by atoms with E-state index in [4.69, 9.17) is 52.1 Å². The average molecular weight is 617 g/mol. The second kappa shape index (κ2) is 11.5. The van der Waals surface area contributed by atoms with Crippen molar-refractivity contribution in [2.45, 2.75) is 55.9 Å². The van der Waals surface area contributed by atoms with Crippen LogP contribution in [0.2, 0.25) is 0 Å². The third-order valence-electron chi connectivity index (χ3n) is 9.18. The second-order valence-corrected chi connectivity index (χ2v) is 11.4. The molecule has 1 unspecified atom stereocenters. The van der Waals surface area contributed by atoms with Crippen molar-refractivity contribution in [2.24, 2.45) is 11.8 Å². The molecule has 1 aliphatic carbocycles. The Morgan fingerprint density at radius 2 is 1.57 bits per heavy atom. The van der Waals surface area contributed by atoms with Crippen molar-refractivity contribution in [3.63, 3.8) is 0 Å². The molecule has 44 heavy (non-hydrogen) atoms. The summed E-state index contributed by atoms with van der Waals surface area (Å²) in [6, 6.07) is 7.42. The van der Waals surface area contributed by atoms with E-state index in [0.717, 1.165) is 16.7 Å². The van der Waals surface area contributed by atoms with Crippen molar-refractivity contribution >= 4 is 5.97 Å². The summed E-state index contributed by atoms with van der Waals surface area (Å²) < 4.78 is 64.1. The molecule has 10 atom stereocenters. The van der Waals surface area contributed by atoms with Crippen LogP contribution in [0.15, 0.2) is 24.3 Å². The van der Waals surface area contributed by atoms with Crippen LogP contribution in [0, 0.1) is 11.8 Å². The van der Waals surface area contributed by atoms with Gasteiger partial charge in [-0.1, -0.05) is 0 Å². The number of carbonyl (C=O) groups excluding carboxylic acids is 1. The van der Waals surface area contributed by atoms with Gasteiger partial charge < -0.3 is 57.2 Å². The van der Waals surface area contributed by atoms with Crippen LogP contribution < -0.4 is 23.7 Å². The van der Waals surface area contributed by atoms with Crippen LogP contribution in [0.5, 0.6) is 28.7 Å². The molecule has 0 radical (unpaired) electrons. The fourth-order valence-electron chi connectivity index (χ4n) is 7.18. The standard InChI is InChI=1S/C31H36O13/c1-13-38-11-22-28(42-13)29(37-5)25(32)31(43-22)44-26-16-9-19-18(40-12-41-19)8-15(16)23(24-17(26)10-39-30(24)33)14-6-20(34-2)27(36-4)21(7-14)35-3/h6-9,13,17,22-26,28-29,31-32H,10-12H2,1-5H3/t13-,17+,22-,23-,24+,25-,26-,28-,29-,31?/m1/s1. The van der Waals surface area contributed by atoms with E-state index in [9.17, 15) is 9.90 Å². The normalized spacial score (nSPS) is 35.3. The number of ether oxygens (including phenoxy) is 11. The molecule has 1 N–H and O–H groups in total. The van der Waals surface area contributed by atoms with Crippen LogP contribution in [0.25, 0.3) is 0 Å². The summed E-state index contributed by atoms with van der Waals surface area (Å²) in [4.78, 5) is 13.5. The highest BCUT2D eigenvalue weighted by Gasteiger charge is 2.56. The van der Waals surface area contributed by atoms with E-state index in [-0.39, 0.29) is 26.0 Å². The van der Waals surface area contributed by atoms with Gasteiger partial charge in [0.15, 0.2) is 35.6 Å². The summed E-state index contributed by atoms with van der Waals surface area (Å²) in [7, 11) is 6.13. The number of esters is 1.